The molecule has 3 N–H and O–H groups in total. The number of aliphatic hydroxyl groups excluding tert-OH is 2. The molecule has 0 saturated carbocycles. The zero-order chi connectivity index (χ0) is 48.6. The molecule has 0 aliphatic carbocycles. The molecule has 1 amide bonds. The van der Waals surface area contributed by atoms with Crippen LogP contribution in [-0.4, -0.2) is 47.4 Å². The molecule has 0 fully saturated rings. The van der Waals surface area contributed by atoms with Crippen molar-refractivity contribution in [2.75, 3.05) is 13.2 Å². The van der Waals surface area contributed by atoms with Crippen LogP contribution in [0.3, 0.4) is 0 Å². The van der Waals surface area contributed by atoms with E-state index in [9.17, 15) is 19.8 Å². The number of carbonyl (C=O) groups is 2. The van der Waals surface area contributed by atoms with E-state index >= 15 is 0 Å². The molecule has 398 valence electrons. The molecule has 6 heteroatoms. The maximum Gasteiger partial charge on any atom is 0.305 e. The highest BCUT2D eigenvalue weighted by Gasteiger charge is 2.18. The second kappa shape index (κ2) is 57.2. The molecule has 6 nitrogen and oxygen atoms in total. The van der Waals surface area contributed by atoms with Crippen LogP contribution in [0, 0.1) is 0 Å². The summed E-state index contributed by atoms with van der Waals surface area (Å²) in [5.74, 6) is -0.0672. The number of hydrogen-bond donors (Lipinski definition) is 3. The minimum atomic E-state index is -0.849. The Bertz CT molecular complexity index is 1000. The van der Waals surface area contributed by atoms with Crippen LogP contribution in [0.15, 0.2) is 12.2 Å². The highest BCUT2D eigenvalue weighted by atomic mass is 16.5. The summed E-state index contributed by atoms with van der Waals surface area (Å²) in [5.41, 5.74) is 0. The highest BCUT2D eigenvalue weighted by molar-refractivity contribution is 5.76. The Morgan fingerprint density at radius 3 is 1.01 bits per heavy atom. The van der Waals surface area contributed by atoms with Crippen LogP contribution in [0.25, 0.3) is 0 Å². The molecule has 0 aliphatic rings. The average Bonchev–Trinajstić information content (AvgIpc) is 3.33. The highest BCUT2D eigenvalue weighted by Crippen LogP contribution is 2.18. The molecular formula is C61H119NO5. The van der Waals surface area contributed by atoms with Crippen molar-refractivity contribution in [3.63, 3.8) is 0 Å². The fourth-order valence-corrected chi connectivity index (χ4v) is 9.64. The number of amides is 1. The normalized spacial score (nSPS) is 12.6. The van der Waals surface area contributed by atoms with E-state index in [0.717, 1.165) is 44.9 Å². The summed E-state index contributed by atoms with van der Waals surface area (Å²) in [5, 5.41) is 23.2. The van der Waals surface area contributed by atoms with E-state index in [1.165, 1.54) is 270 Å². The van der Waals surface area contributed by atoms with Crippen molar-refractivity contribution in [2.45, 2.75) is 353 Å². The first-order valence-corrected chi connectivity index (χ1v) is 30.5. The third kappa shape index (κ3) is 53.8. The molecule has 0 bridgehead atoms. The van der Waals surface area contributed by atoms with Gasteiger partial charge in [-0.1, -0.05) is 309 Å². The van der Waals surface area contributed by atoms with E-state index in [1.54, 1.807) is 6.08 Å². The lowest BCUT2D eigenvalue weighted by molar-refractivity contribution is -0.143. The van der Waals surface area contributed by atoms with Gasteiger partial charge in [-0.15, -0.1) is 0 Å². The number of ether oxygens (including phenoxy) is 1. The monoisotopic (exact) mass is 946 g/mol. The van der Waals surface area contributed by atoms with E-state index in [1.807, 2.05) is 6.08 Å². The fraction of sp³-hybridized carbons (Fsp3) is 0.934. The third-order valence-electron chi connectivity index (χ3n) is 14.3. The lowest BCUT2D eigenvalue weighted by Crippen LogP contribution is -2.45. The van der Waals surface area contributed by atoms with Crippen molar-refractivity contribution in [1.82, 2.24) is 5.32 Å². The van der Waals surface area contributed by atoms with Gasteiger partial charge in [0, 0.05) is 12.8 Å². The van der Waals surface area contributed by atoms with Gasteiger partial charge in [0.2, 0.25) is 5.91 Å². The van der Waals surface area contributed by atoms with E-state index < -0.39 is 12.1 Å². The topological polar surface area (TPSA) is 95.9 Å². The Kier molecular flexibility index (Phi) is 56.0. The summed E-state index contributed by atoms with van der Waals surface area (Å²) in [6.07, 6.45) is 68.1. The lowest BCUT2D eigenvalue weighted by atomic mass is 10.0. The van der Waals surface area contributed by atoms with Crippen molar-refractivity contribution in [3.05, 3.63) is 12.2 Å². The number of carbonyl (C=O) groups excluding carboxylic acids is 2. The fourth-order valence-electron chi connectivity index (χ4n) is 9.64. The van der Waals surface area contributed by atoms with Crippen molar-refractivity contribution in [1.29, 1.82) is 0 Å². The molecule has 2 atom stereocenters. The minimum Gasteiger partial charge on any atom is -0.466 e. The van der Waals surface area contributed by atoms with Gasteiger partial charge in [-0.2, -0.15) is 0 Å². The smallest absolute Gasteiger partial charge is 0.305 e. The quantitative estimate of drug-likeness (QED) is 0.0321. The molecule has 0 spiro atoms. The molecule has 2 unspecified atom stereocenters. The Morgan fingerprint density at radius 2 is 0.687 bits per heavy atom. The summed E-state index contributed by atoms with van der Waals surface area (Å²) in [6.45, 7) is 4.92. The molecular weight excluding hydrogens is 827 g/mol. The number of nitrogens with one attached hydrogen (secondary N) is 1. The number of esters is 1. The summed E-state index contributed by atoms with van der Waals surface area (Å²) < 4.78 is 5.47. The number of rotatable bonds is 57. The SMILES string of the molecule is CCCCCCCCCCCCCCCCCCCCCC/C=C/C(O)C(CO)NC(=O)CCCCCCCCCCCCCCCCCCOC(=O)CCCCCCCCCCCCCC. The van der Waals surface area contributed by atoms with Crippen molar-refractivity contribution in [2.24, 2.45) is 0 Å². The Hall–Kier alpha value is -1.40. The van der Waals surface area contributed by atoms with Gasteiger partial charge >= 0.3 is 5.97 Å². The number of hydrogen-bond acceptors (Lipinski definition) is 5. The maximum absolute atomic E-state index is 12.5. The third-order valence-corrected chi connectivity index (χ3v) is 14.3. The number of unbranched alkanes of at least 4 members (excludes halogenated alkanes) is 46. The van der Waals surface area contributed by atoms with Gasteiger partial charge in [-0.05, 0) is 32.1 Å². The lowest BCUT2D eigenvalue weighted by Gasteiger charge is -2.20. The molecule has 0 aromatic rings. The Balaban J connectivity index is 3.45. The molecule has 0 heterocycles. The summed E-state index contributed by atoms with van der Waals surface area (Å²) in [7, 11) is 0. The van der Waals surface area contributed by atoms with Crippen molar-refractivity contribution in [3.8, 4) is 0 Å². The maximum atomic E-state index is 12.5. The van der Waals surface area contributed by atoms with E-state index in [-0.39, 0.29) is 18.5 Å². The Labute approximate surface area is 419 Å². The van der Waals surface area contributed by atoms with E-state index in [4.69, 9.17) is 4.74 Å². The van der Waals surface area contributed by atoms with Crippen LogP contribution in [0.1, 0.15) is 341 Å². The molecule has 67 heavy (non-hydrogen) atoms. The largest absolute Gasteiger partial charge is 0.466 e. The first-order valence-electron chi connectivity index (χ1n) is 30.5. The van der Waals surface area contributed by atoms with Crippen LogP contribution in [0.4, 0.5) is 0 Å². The second-order valence-electron chi connectivity index (χ2n) is 21.0. The van der Waals surface area contributed by atoms with Crippen LogP contribution < -0.4 is 5.32 Å². The number of allylic oxidation sites excluding steroid dienone is 1. The average molecular weight is 947 g/mol. The van der Waals surface area contributed by atoms with Crippen LogP contribution in [0.2, 0.25) is 0 Å². The van der Waals surface area contributed by atoms with Gasteiger partial charge in [0.1, 0.15) is 0 Å². The van der Waals surface area contributed by atoms with Gasteiger partial charge < -0.3 is 20.3 Å². The Morgan fingerprint density at radius 1 is 0.403 bits per heavy atom. The standard InChI is InChI=1S/C61H119NO5/c1-3-5-7-9-11-13-15-17-18-19-20-21-22-23-24-27-30-33-37-41-45-49-53-59(64)58(57-63)62-60(65)54-50-46-42-38-34-31-28-25-26-29-32-36-40-44-48-52-56-67-61(66)55-51-47-43-39-35-16-14-12-10-8-6-4-2/h49,53,58-59,63-64H,3-48,50-52,54-57H2,1-2H3,(H,62,65)/b53-49+. The molecule has 0 saturated heterocycles. The summed E-state index contributed by atoms with van der Waals surface area (Å²) in [6, 6.07) is -0.633. The minimum absolute atomic E-state index is 0.00371. The van der Waals surface area contributed by atoms with Gasteiger partial charge in [0.25, 0.3) is 0 Å². The zero-order valence-corrected chi connectivity index (χ0v) is 45.4. The van der Waals surface area contributed by atoms with Gasteiger partial charge in [0.15, 0.2) is 0 Å². The summed E-state index contributed by atoms with van der Waals surface area (Å²) >= 11 is 0. The first kappa shape index (κ1) is 65.6. The van der Waals surface area contributed by atoms with E-state index in [0.29, 0.717) is 19.4 Å². The van der Waals surface area contributed by atoms with Crippen LogP contribution >= 0.6 is 0 Å². The second-order valence-corrected chi connectivity index (χ2v) is 21.0. The molecule has 0 aromatic heterocycles. The predicted molar refractivity (Wildman–Crippen MR) is 292 cm³/mol. The van der Waals surface area contributed by atoms with Crippen molar-refractivity contribution < 1.29 is 24.5 Å². The molecule has 0 aromatic carbocycles. The zero-order valence-electron chi connectivity index (χ0n) is 45.4. The molecule has 0 rings (SSSR count). The van der Waals surface area contributed by atoms with Crippen LogP contribution in [0.5, 0.6) is 0 Å². The molecule has 0 aliphatic heterocycles. The predicted octanol–water partition coefficient (Wildman–Crippen LogP) is 18.9. The van der Waals surface area contributed by atoms with Crippen molar-refractivity contribution >= 4 is 11.9 Å². The summed E-state index contributed by atoms with van der Waals surface area (Å²) in [4.78, 5) is 24.5. The van der Waals surface area contributed by atoms with E-state index in [2.05, 4.69) is 19.2 Å². The first-order chi connectivity index (χ1) is 33.0. The van der Waals surface area contributed by atoms with Gasteiger partial charge in [-0.3, -0.25) is 9.59 Å². The van der Waals surface area contributed by atoms with Gasteiger partial charge in [-0.25, -0.2) is 0 Å². The van der Waals surface area contributed by atoms with Gasteiger partial charge in [0.05, 0.1) is 25.4 Å². The van der Waals surface area contributed by atoms with Crippen LogP contribution in [-0.2, 0) is 14.3 Å². The number of aliphatic hydroxyl groups is 2. The molecule has 0 radical (unpaired) electrons.